The van der Waals surface area contributed by atoms with E-state index in [1.807, 2.05) is 32.3 Å². The van der Waals surface area contributed by atoms with Gasteiger partial charge in [0.1, 0.15) is 24.1 Å². The highest BCUT2D eigenvalue weighted by molar-refractivity contribution is 8.13. The van der Waals surface area contributed by atoms with Gasteiger partial charge in [0.05, 0.1) is 37.9 Å². The Bertz CT molecular complexity index is 1120. The zero-order valence-corrected chi connectivity index (χ0v) is 28.6. The van der Waals surface area contributed by atoms with E-state index in [2.05, 4.69) is 54.2 Å². The standard InChI is InChI=1S/C29H50N5O6PS/c1-11-12-22-24(25(36-10)27(39-22)33-18-32-23-21(6)30-17-31-26(23)33)40-41(34(19(2)3)20(4)5)38-14-13-37-15-16-42-28(35)29(7,8)9/h17-20,22,24-25,27H,11-16H2,1-10H3. The van der Waals surface area contributed by atoms with Crippen LogP contribution in [0.3, 0.4) is 0 Å². The molecule has 1 fully saturated rings. The fourth-order valence-corrected chi connectivity index (χ4v) is 7.47. The van der Waals surface area contributed by atoms with Gasteiger partial charge >= 0.3 is 0 Å². The van der Waals surface area contributed by atoms with Gasteiger partial charge in [-0.1, -0.05) is 45.9 Å². The Kier molecular flexibility index (Phi) is 13.6. The summed E-state index contributed by atoms with van der Waals surface area (Å²) in [5.74, 6) is 0.619. The van der Waals surface area contributed by atoms with Crippen molar-refractivity contribution in [1.82, 2.24) is 24.2 Å². The summed E-state index contributed by atoms with van der Waals surface area (Å²) in [7, 11) is 0.221. The van der Waals surface area contributed by atoms with Crippen LogP contribution in [0.4, 0.5) is 0 Å². The van der Waals surface area contributed by atoms with Crippen molar-refractivity contribution in [3.05, 3.63) is 18.3 Å². The van der Waals surface area contributed by atoms with Crippen molar-refractivity contribution in [3.8, 4) is 0 Å². The highest BCUT2D eigenvalue weighted by Gasteiger charge is 2.49. The van der Waals surface area contributed by atoms with Crippen LogP contribution in [0.25, 0.3) is 11.2 Å². The fraction of sp³-hybridized carbons (Fsp3) is 0.793. The molecule has 0 aromatic carbocycles. The van der Waals surface area contributed by atoms with E-state index < -0.39 is 20.9 Å². The summed E-state index contributed by atoms with van der Waals surface area (Å²) >= 11 is 1.31. The topological polar surface area (TPSA) is 110 Å². The molecule has 2 aromatic heterocycles. The molecule has 1 aliphatic heterocycles. The van der Waals surface area contributed by atoms with Gasteiger partial charge in [-0.25, -0.2) is 19.6 Å². The Morgan fingerprint density at radius 2 is 1.83 bits per heavy atom. The molecule has 0 amide bonds. The van der Waals surface area contributed by atoms with Gasteiger partial charge in [-0.05, 0) is 41.0 Å². The van der Waals surface area contributed by atoms with E-state index in [-0.39, 0.29) is 34.8 Å². The number of hydrogen-bond acceptors (Lipinski definition) is 11. The first-order chi connectivity index (χ1) is 19.9. The lowest BCUT2D eigenvalue weighted by Gasteiger charge is -2.38. The fourth-order valence-electron chi connectivity index (χ4n) is 4.90. The number of aryl methyl sites for hydroxylation is 1. The number of fused-ring (bicyclic) bond motifs is 1. The quantitative estimate of drug-likeness (QED) is 0.163. The number of methoxy groups -OCH3 is 1. The Labute approximate surface area is 256 Å². The van der Waals surface area contributed by atoms with E-state index in [4.69, 9.17) is 23.3 Å². The predicted octanol–water partition coefficient (Wildman–Crippen LogP) is 5.92. The monoisotopic (exact) mass is 627 g/mol. The lowest BCUT2D eigenvalue weighted by Crippen LogP contribution is -2.39. The van der Waals surface area contributed by atoms with Crippen LogP contribution in [-0.2, 0) is 28.1 Å². The number of nitrogens with zero attached hydrogens (tertiary/aromatic N) is 5. The first kappa shape index (κ1) is 35.2. The van der Waals surface area contributed by atoms with Crippen molar-refractivity contribution in [2.75, 3.05) is 32.7 Å². The van der Waals surface area contributed by atoms with Gasteiger partial charge in [0, 0.05) is 30.4 Å². The van der Waals surface area contributed by atoms with Gasteiger partial charge in [0.25, 0.3) is 8.53 Å². The molecule has 0 aliphatic carbocycles. The zero-order chi connectivity index (χ0) is 31.0. The summed E-state index contributed by atoms with van der Waals surface area (Å²) in [6, 6.07) is 0.385. The van der Waals surface area contributed by atoms with Crippen molar-refractivity contribution in [2.24, 2.45) is 5.41 Å². The van der Waals surface area contributed by atoms with Crippen molar-refractivity contribution < 1.29 is 28.1 Å². The molecule has 0 N–H and O–H groups in total. The Morgan fingerprint density at radius 3 is 2.45 bits per heavy atom. The summed E-state index contributed by atoms with van der Waals surface area (Å²) in [6.45, 7) is 19.7. The van der Waals surface area contributed by atoms with Crippen LogP contribution in [0.15, 0.2) is 12.7 Å². The molecular weight excluding hydrogens is 577 g/mol. The van der Waals surface area contributed by atoms with Crippen LogP contribution >= 0.6 is 20.3 Å². The van der Waals surface area contributed by atoms with Gasteiger partial charge in [-0.3, -0.25) is 9.36 Å². The molecule has 42 heavy (non-hydrogen) atoms. The number of rotatable bonds is 16. The molecular formula is C29H50N5O6PS. The van der Waals surface area contributed by atoms with E-state index in [1.165, 1.54) is 11.8 Å². The van der Waals surface area contributed by atoms with Gasteiger partial charge in [-0.2, -0.15) is 0 Å². The van der Waals surface area contributed by atoms with Crippen molar-refractivity contribution in [2.45, 2.75) is 112 Å². The molecule has 0 radical (unpaired) electrons. The highest BCUT2D eigenvalue weighted by atomic mass is 32.2. The van der Waals surface area contributed by atoms with E-state index >= 15 is 0 Å². The Balaban J connectivity index is 1.73. The smallest absolute Gasteiger partial charge is 0.259 e. The average Bonchev–Trinajstić information content (AvgIpc) is 3.49. The van der Waals surface area contributed by atoms with Crippen LogP contribution < -0.4 is 0 Å². The first-order valence-corrected chi connectivity index (χ1v) is 17.0. The summed E-state index contributed by atoms with van der Waals surface area (Å²) < 4.78 is 36.0. The first-order valence-electron chi connectivity index (χ1n) is 14.9. The van der Waals surface area contributed by atoms with E-state index in [1.54, 1.807) is 19.8 Å². The predicted molar refractivity (Wildman–Crippen MR) is 167 cm³/mol. The molecule has 5 unspecified atom stereocenters. The molecule has 3 heterocycles. The Hall–Kier alpha value is -1.24. The molecule has 2 aromatic rings. The number of hydrogen-bond donors (Lipinski definition) is 0. The van der Waals surface area contributed by atoms with Crippen LogP contribution in [0.5, 0.6) is 0 Å². The summed E-state index contributed by atoms with van der Waals surface area (Å²) in [6.07, 6.45) is 3.59. The number of imidazole rings is 1. The van der Waals surface area contributed by atoms with E-state index in [0.29, 0.717) is 31.2 Å². The summed E-state index contributed by atoms with van der Waals surface area (Å²) in [5, 5.41) is 0.168. The number of aromatic nitrogens is 4. The minimum Gasteiger partial charge on any atom is -0.378 e. The number of carbonyl (C=O) groups excluding carboxylic acids is 1. The second-order valence-electron chi connectivity index (χ2n) is 12.0. The molecule has 0 bridgehead atoms. The van der Waals surface area contributed by atoms with Crippen LogP contribution in [0.2, 0.25) is 0 Å². The SMILES string of the molecule is CCCC1OC(n2cnc3c(C)ncnc32)C(OC)C1OP(OCCOCCSC(=O)C(C)(C)C)N(C(C)C)C(C)C. The largest absolute Gasteiger partial charge is 0.378 e. The third kappa shape index (κ3) is 8.91. The minimum atomic E-state index is -1.47. The molecule has 11 nitrogen and oxygen atoms in total. The van der Waals surface area contributed by atoms with Gasteiger partial charge < -0.3 is 23.3 Å². The van der Waals surface area contributed by atoms with E-state index in [9.17, 15) is 4.79 Å². The lowest BCUT2D eigenvalue weighted by molar-refractivity contribution is -0.117. The maximum absolute atomic E-state index is 12.1. The second kappa shape index (κ2) is 16.2. The summed E-state index contributed by atoms with van der Waals surface area (Å²) in [4.78, 5) is 25.5. The average molecular weight is 628 g/mol. The van der Waals surface area contributed by atoms with Crippen molar-refractivity contribution >= 4 is 36.6 Å². The highest BCUT2D eigenvalue weighted by Crippen LogP contribution is 2.51. The molecule has 0 spiro atoms. The van der Waals surface area contributed by atoms with Crippen LogP contribution in [0.1, 0.15) is 80.2 Å². The maximum atomic E-state index is 12.1. The lowest BCUT2D eigenvalue weighted by atomic mass is 10.00. The third-order valence-electron chi connectivity index (χ3n) is 6.91. The normalized spacial score (nSPS) is 22.2. The molecule has 5 atom stereocenters. The molecule has 3 rings (SSSR count). The molecule has 238 valence electrons. The van der Waals surface area contributed by atoms with Gasteiger partial charge in [0.2, 0.25) is 0 Å². The Morgan fingerprint density at radius 1 is 1.12 bits per heavy atom. The molecule has 1 aliphatic rings. The maximum Gasteiger partial charge on any atom is 0.259 e. The number of carbonyl (C=O) groups is 1. The van der Waals surface area contributed by atoms with E-state index in [0.717, 1.165) is 24.1 Å². The van der Waals surface area contributed by atoms with Crippen LogP contribution in [0, 0.1) is 12.3 Å². The summed E-state index contributed by atoms with van der Waals surface area (Å²) in [5.41, 5.74) is 1.90. The minimum absolute atomic E-state index is 0.168. The van der Waals surface area contributed by atoms with Crippen molar-refractivity contribution in [1.29, 1.82) is 0 Å². The molecule has 1 saturated heterocycles. The number of thioether (sulfide) groups is 1. The van der Waals surface area contributed by atoms with Gasteiger partial charge in [0.15, 0.2) is 17.0 Å². The third-order valence-corrected chi connectivity index (χ3v) is 10.3. The van der Waals surface area contributed by atoms with Gasteiger partial charge in [-0.15, -0.1) is 0 Å². The zero-order valence-electron chi connectivity index (χ0n) is 26.9. The second-order valence-corrected chi connectivity index (χ2v) is 14.5. The van der Waals surface area contributed by atoms with Crippen molar-refractivity contribution in [3.63, 3.8) is 0 Å². The molecule has 0 saturated carbocycles. The van der Waals surface area contributed by atoms with Crippen LogP contribution in [-0.4, -0.2) is 92.4 Å². The number of ether oxygens (including phenoxy) is 3. The molecule has 13 heteroatoms.